The zero-order chi connectivity index (χ0) is 22.8. The van der Waals surface area contributed by atoms with Crippen molar-refractivity contribution in [3.63, 3.8) is 0 Å². The van der Waals surface area contributed by atoms with Crippen LogP contribution in [0.15, 0.2) is 84.7 Å². The Morgan fingerprint density at radius 1 is 1.00 bits per heavy atom. The molecule has 0 aromatic heterocycles. The molecular formula is C27H30O4. The van der Waals surface area contributed by atoms with Crippen LogP contribution in [0.4, 0.5) is 0 Å². The van der Waals surface area contributed by atoms with E-state index in [1.807, 2.05) is 18.2 Å². The minimum Gasteiger partial charge on any atom is -0.462 e. The van der Waals surface area contributed by atoms with Gasteiger partial charge in [-0.3, -0.25) is 0 Å². The number of carbonyl (C=O) groups is 2. The summed E-state index contributed by atoms with van der Waals surface area (Å²) in [6, 6.07) is 6.42. The third-order valence-electron chi connectivity index (χ3n) is 4.64. The molecule has 162 valence electrons. The van der Waals surface area contributed by atoms with E-state index < -0.39 is 5.97 Å². The lowest BCUT2D eigenvalue weighted by atomic mass is 9.97. The molecule has 0 saturated carbocycles. The molecule has 0 heterocycles. The van der Waals surface area contributed by atoms with E-state index in [2.05, 4.69) is 37.9 Å². The van der Waals surface area contributed by atoms with Crippen molar-refractivity contribution >= 4 is 18.0 Å². The highest BCUT2D eigenvalue weighted by Crippen LogP contribution is 2.20. The molecule has 0 saturated heterocycles. The molecule has 31 heavy (non-hydrogen) atoms. The fraction of sp³-hybridized carbons (Fsp3) is 0.259. The first-order valence-electron chi connectivity index (χ1n) is 10.3. The average Bonchev–Trinajstić information content (AvgIpc) is 2.72. The maximum Gasteiger partial charge on any atom is 0.338 e. The largest absolute Gasteiger partial charge is 0.462 e. The number of hydrogen-bond acceptors (Lipinski definition) is 4. The van der Waals surface area contributed by atoms with Crippen molar-refractivity contribution in [3.05, 3.63) is 101 Å². The van der Waals surface area contributed by atoms with Gasteiger partial charge in [0.1, 0.15) is 5.76 Å². The van der Waals surface area contributed by atoms with Gasteiger partial charge < -0.3 is 9.47 Å². The molecule has 4 heteroatoms. The highest BCUT2D eigenvalue weighted by atomic mass is 16.5. The molecule has 1 aliphatic carbocycles. The van der Waals surface area contributed by atoms with Gasteiger partial charge in [-0.2, -0.15) is 0 Å². The molecule has 0 unspecified atom stereocenters. The van der Waals surface area contributed by atoms with E-state index in [1.165, 1.54) is 11.1 Å². The Balaban J connectivity index is 2.02. The van der Waals surface area contributed by atoms with Crippen molar-refractivity contribution in [2.45, 2.75) is 39.5 Å². The first kappa shape index (κ1) is 23.9. The van der Waals surface area contributed by atoms with E-state index in [4.69, 9.17) is 9.47 Å². The Labute approximate surface area is 185 Å². The fourth-order valence-corrected chi connectivity index (χ4v) is 2.90. The highest BCUT2D eigenvalue weighted by molar-refractivity contribution is 5.88. The summed E-state index contributed by atoms with van der Waals surface area (Å²) in [5, 5.41) is 0. The summed E-state index contributed by atoms with van der Waals surface area (Å²) in [5.74, 6) is -0.350. The number of carbonyl (C=O) groups excluding carboxylic acids is 2. The van der Waals surface area contributed by atoms with Crippen molar-refractivity contribution in [2.24, 2.45) is 0 Å². The van der Waals surface area contributed by atoms with Gasteiger partial charge in [-0.05, 0) is 73.9 Å². The third-order valence-corrected chi connectivity index (χ3v) is 4.64. The SMILES string of the molecule is C=C1/C=C\c2cc(CCCCOC(=O)C(=C)C)ccc2C/C=C\C(OC(=O)C(=C)C)=C/1. The van der Waals surface area contributed by atoms with Gasteiger partial charge in [-0.15, -0.1) is 0 Å². The number of fused-ring (bicyclic) bond motifs is 1. The molecule has 0 amide bonds. The summed E-state index contributed by atoms with van der Waals surface area (Å²) < 4.78 is 10.5. The fourth-order valence-electron chi connectivity index (χ4n) is 2.90. The third kappa shape index (κ3) is 8.09. The van der Waals surface area contributed by atoms with Crippen LogP contribution < -0.4 is 0 Å². The maximum absolute atomic E-state index is 11.8. The highest BCUT2D eigenvalue weighted by Gasteiger charge is 2.08. The average molecular weight is 419 g/mol. The summed E-state index contributed by atoms with van der Waals surface area (Å²) in [7, 11) is 0. The van der Waals surface area contributed by atoms with Gasteiger partial charge in [0.25, 0.3) is 0 Å². The van der Waals surface area contributed by atoms with Gasteiger partial charge >= 0.3 is 11.9 Å². The van der Waals surface area contributed by atoms with Crippen molar-refractivity contribution < 1.29 is 19.1 Å². The molecule has 0 aliphatic heterocycles. The van der Waals surface area contributed by atoms with Crippen LogP contribution in [-0.2, 0) is 31.9 Å². The molecule has 1 aromatic rings. The van der Waals surface area contributed by atoms with Crippen LogP contribution in [0.25, 0.3) is 6.08 Å². The Morgan fingerprint density at radius 3 is 2.45 bits per heavy atom. The Kier molecular flexibility index (Phi) is 9.01. The van der Waals surface area contributed by atoms with Crippen LogP contribution in [0, 0.1) is 0 Å². The van der Waals surface area contributed by atoms with Crippen molar-refractivity contribution in [3.8, 4) is 0 Å². The summed E-state index contributed by atoms with van der Waals surface area (Å²) in [6.07, 6.45) is 12.8. The number of allylic oxidation sites excluding steroid dienone is 5. The number of ether oxygens (including phenoxy) is 2. The number of esters is 2. The number of aryl methyl sites for hydroxylation is 1. The smallest absolute Gasteiger partial charge is 0.338 e. The second-order valence-electron chi connectivity index (χ2n) is 7.64. The first-order chi connectivity index (χ1) is 14.8. The van der Waals surface area contributed by atoms with Crippen molar-refractivity contribution in [1.29, 1.82) is 0 Å². The normalized spacial score (nSPS) is 16.8. The van der Waals surface area contributed by atoms with Crippen LogP contribution in [-0.4, -0.2) is 18.5 Å². The van der Waals surface area contributed by atoms with Crippen molar-refractivity contribution in [2.75, 3.05) is 6.61 Å². The van der Waals surface area contributed by atoms with Crippen LogP contribution in [0.5, 0.6) is 0 Å². The van der Waals surface area contributed by atoms with Gasteiger partial charge in [-0.25, -0.2) is 9.59 Å². The molecule has 0 fully saturated rings. The van der Waals surface area contributed by atoms with Crippen LogP contribution in [0.2, 0.25) is 0 Å². The minimum atomic E-state index is -0.454. The summed E-state index contributed by atoms with van der Waals surface area (Å²) in [5.41, 5.74) is 5.03. The molecule has 2 rings (SSSR count). The lowest BCUT2D eigenvalue weighted by molar-refractivity contribution is -0.139. The lowest BCUT2D eigenvalue weighted by Gasteiger charge is -2.10. The zero-order valence-electron chi connectivity index (χ0n) is 18.4. The van der Waals surface area contributed by atoms with E-state index in [0.29, 0.717) is 29.9 Å². The second-order valence-corrected chi connectivity index (χ2v) is 7.64. The topological polar surface area (TPSA) is 52.6 Å². The van der Waals surface area contributed by atoms with Crippen LogP contribution in [0.3, 0.4) is 0 Å². The van der Waals surface area contributed by atoms with Gasteiger partial charge in [-0.1, -0.05) is 56.2 Å². The predicted octanol–water partition coefficient (Wildman–Crippen LogP) is 5.81. The van der Waals surface area contributed by atoms with Crippen LogP contribution in [0.1, 0.15) is 43.4 Å². The Bertz CT molecular complexity index is 973. The molecular weight excluding hydrogens is 388 g/mol. The van der Waals surface area contributed by atoms with Gasteiger partial charge in [0, 0.05) is 11.1 Å². The second kappa shape index (κ2) is 11.7. The molecule has 4 nitrogen and oxygen atoms in total. The van der Waals surface area contributed by atoms with E-state index in [9.17, 15) is 9.59 Å². The summed E-state index contributed by atoms with van der Waals surface area (Å²) in [6.45, 7) is 14.9. The Hall–Kier alpha value is -3.40. The molecule has 1 aromatic carbocycles. The van der Waals surface area contributed by atoms with E-state index in [-0.39, 0.29) is 5.97 Å². The maximum atomic E-state index is 11.8. The quantitative estimate of drug-likeness (QED) is 0.303. The van der Waals surface area contributed by atoms with E-state index in [0.717, 1.165) is 30.4 Å². The van der Waals surface area contributed by atoms with Gasteiger partial charge in [0.2, 0.25) is 0 Å². The number of rotatable bonds is 8. The zero-order valence-corrected chi connectivity index (χ0v) is 18.4. The molecule has 0 N–H and O–H groups in total. The van der Waals surface area contributed by atoms with E-state index in [1.54, 1.807) is 26.0 Å². The summed E-state index contributed by atoms with van der Waals surface area (Å²) >= 11 is 0. The van der Waals surface area contributed by atoms with E-state index >= 15 is 0 Å². The predicted molar refractivity (Wildman–Crippen MR) is 125 cm³/mol. The lowest BCUT2D eigenvalue weighted by Crippen LogP contribution is -2.06. The van der Waals surface area contributed by atoms with Crippen LogP contribution >= 0.6 is 0 Å². The standard InChI is InChI=1S/C27H30O4/c1-19(2)26(28)30-16-7-6-9-22-13-15-23-10-8-11-25(31-27(29)20(3)4)17-21(5)12-14-24(23)18-22/h8,11-15,17-18H,1,3,5-7,9-10,16H2,2,4H3/b11-8-,14-12-,25-17+. The number of unbranched alkanes of at least 4 members (excludes halogenated alkanes) is 1. The molecule has 1 aliphatic rings. The molecule has 0 atom stereocenters. The minimum absolute atomic E-state index is 0.335. The van der Waals surface area contributed by atoms with Gasteiger partial charge in [0.15, 0.2) is 0 Å². The number of hydrogen-bond donors (Lipinski definition) is 0. The van der Waals surface area contributed by atoms with Crippen molar-refractivity contribution in [1.82, 2.24) is 0 Å². The molecule has 0 spiro atoms. The number of benzene rings is 1. The summed E-state index contributed by atoms with van der Waals surface area (Å²) in [4.78, 5) is 23.2. The Morgan fingerprint density at radius 2 is 1.74 bits per heavy atom. The molecule has 0 radical (unpaired) electrons. The first-order valence-corrected chi connectivity index (χ1v) is 10.3. The van der Waals surface area contributed by atoms with Gasteiger partial charge in [0.05, 0.1) is 6.61 Å². The molecule has 0 bridgehead atoms. The monoisotopic (exact) mass is 418 g/mol.